The first kappa shape index (κ1) is 10.8. The lowest BCUT2D eigenvalue weighted by Gasteiger charge is -2.03. The van der Waals surface area contributed by atoms with Crippen molar-refractivity contribution in [3.63, 3.8) is 0 Å². The molecule has 0 amide bonds. The van der Waals surface area contributed by atoms with E-state index in [2.05, 4.69) is 21.5 Å². The number of rotatable bonds is 3. The van der Waals surface area contributed by atoms with Crippen LogP contribution in [0.15, 0.2) is 12.1 Å². The first-order chi connectivity index (χ1) is 8.24. The Morgan fingerprint density at radius 1 is 1.59 bits per heavy atom. The summed E-state index contributed by atoms with van der Waals surface area (Å²) in [5, 5.41) is 0. The van der Waals surface area contributed by atoms with Crippen LogP contribution in [-0.2, 0) is 0 Å². The van der Waals surface area contributed by atoms with Gasteiger partial charge >= 0.3 is 0 Å². The molecule has 0 bridgehead atoms. The molecule has 2 heterocycles. The maximum absolute atomic E-state index is 5.38. The van der Waals surface area contributed by atoms with Crippen molar-refractivity contribution in [2.75, 3.05) is 7.11 Å². The molecule has 5 heteroatoms. The number of ether oxygens (including phenoxy) is 1. The van der Waals surface area contributed by atoms with Gasteiger partial charge in [-0.3, -0.25) is 4.57 Å². The van der Waals surface area contributed by atoms with Crippen molar-refractivity contribution in [2.45, 2.75) is 25.8 Å². The summed E-state index contributed by atoms with van der Waals surface area (Å²) in [6.07, 6.45) is 2.40. The van der Waals surface area contributed by atoms with Crippen molar-refractivity contribution in [3.05, 3.63) is 16.9 Å². The molecule has 1 fully saturated rings. The zero-order valence-corrected chi connectivity index (χ0v) is 10.8. The quantitative estimate of drug-likeness (QED) is 0.850. The maximum atomic E-state index is 5.38. The topological polar surface area (TPSA) is 42.8 Å². The van der Waals surface area contributed by atoms with Gasteiger partial charge in [-0.15, -0.1) is 0 Å². The lowest BCUT2D eigenvalue weighted by Crippen LogP contribution is -1.98. The molecule has 2 aromatic rings. The monoisotopic (exact) mass is 249 g/mol. The average Bonchev–Trinajstić information content (AvgIpc) is 3.04. The van der Waals surface area contributed by atoms with E-state index in [-0.39, 0.29) is 0 Å². The predicted molar refractivity (Wildman–Crippen MR) is 68.9 cm³/mol. The number of H-pyrrole nitrogens is 1. The van der Waals surface area contributed by atoms with Gasteiger partial charge in [-0.1, -0.05) is 13.3 Å². The average molecular weight is 249 g/mol. The Hall–Kier alpha value is -1.36. The minimum atomic E-state index is 0.515. The molecule has 1 aliphatic carbocycles. The molecule has 2 atom stereocenters. The Labute approximate surface area is 105 Å². The van der Waals surface area contributed by atoms with Crippen LogP contribution in [0.4, 0.5) is 0 Å². The van der Waals surface area contributed by atoms with Crippen molar-refractivity contribution in [1.29, 1.82) is 0 Å². The summed E-state index contributed by atoms with van der Waals surface area (Å²) >= 11 is 5.38. The molecule has 0 spiro atoms. The van der Waals surface area contributed by atoms with Crippen LogP contribution >= 0.6 is 12.2 Å². The van der Waals surface area contributed by atoms with Gasteiger partial charge in [0, 0.05) is 12.1 Å². The highest BCUT2D eigenvalue weighted by molar-refractivity contribution is 7.71. The molecular formula is C12H15N3OS. The van der Waals surface area contributed by atoms with Crippen LogP contribution in [-0.4, -0.2) is 21.6 Å². The molecule has 4 nitrogen and oxygen atoms in total. The molecule has 1 N–H and O–H groups in total. The zero-order chi connectivity index (χ0) is 12.0. The molecule has 0 aromatic carbocycles. The van der Waals surface area contributed by atoms with Gasteiger partial charge in [0.15, 0.2) is 10.4 Å². The molecule has 90 valence electrons. The third-order valence-electron chi connectivity index (χ3n) is 3.49. The van der Waals surface area contributed by atoms with E-state index in [0.29, 0.717) is 11.9 Å². The van der Waals surface area contributed by atoms with Gasteiger partial charge in [0.1, 0.15) is 0 Å². The Kier molecular flexibility index (Phi) is 2.43. The second kappa shape index (κ2) is 3.84. The van der Waals surface area contributed by atoms with E-state index in [1.54, 1.807) is 7.11 Å². The van der Waals surface area contributed by atoms with Gasteiger partial charge < -0.3 is 9.72 Å². The SMILES string of the molecule is CCC1CC1n1c(=S)[nH]c2ccc(OC)nc21. The van der Waals surface area contributed by atoms with Gasteiger partial charge in [-0.2, -0.15) is 4.98 Å². The summed E-state index contributed by atoms with van der Waals surface area (Å²) in [6.45, 7) is 2.22. The highest BCUT2D eigenvalue weighted by atomic mass is 32.1. The van der Waals surface area contributed by atoms with Gasteiger partial charge in [-0.25, -0.2) is 0 Å². The molecule has 17 heavy (non-hydrogen) atoms. The number of pyridine rings is 1. The van der Waals surface area contributed by atoms with Crippen molar-refractivity contribution >= 4 is 23.4 Å². The molecule has 2 aromatic heterocycles. The zero-order valence-electron chi connectivity index (χ0n) is 9.93. The number of aromatic nitrogens is 3. The summed E-state index contributed by atoms with van der Waals surface area (Å²) in [5.41, 5.74) is 1.90. The van der Waals surface area contributed by atoms with Crippen LogP contribution in [0.3, 0.4) is 0 Å². The van der Waals surface area contributed by atoms with E-state index in [0.717, 1.165) is 21.9 Å². The van der Waals surface area contributed by atoms with Gasteiger partial charge in [-0.05, 0) is 30.6 Å². The van der Waals surface area contributed by atoms with Crippen LogP contribution in [0.1, 0.15) is 25.8 Å². The van der Waals surface area contributed by atoms with E-state index < -0.39 is 0 Å². The fourth-order valence-corrected chi connectivity index (χ4v) is 2.72. The van der Waals surface area contributed by atoms with Gasteiger partial charge in [0.25, 0.3) is 0 Å². The second-order valence-corrected chi connectivity index (χ2v) is 4.88. The van der Waals surface area contributed by atoms with E-state index in [1.807, 2.05) is 12.1 Å². The number of nitrogens with one attached hydrogen (secondary N) is 1. The second-order valence-electron chi connectivity index (χ2n) is 4.50. The van der Waals surface area contributed by atoms with Crippen LogP contribution < -0.4 is 4.74 Å². The summed E-state index contributed by atoms with van der Waals surface area (Å²) in [4.78, 5) is 7.69. The smallest absolute Gasteiger partial charge is 0.215 e. The fraction of sp³-hybridized carbons (Fsp3) is 0.500. The number of aromatic amines is 1. The normalized spacial score (nSPS) is 22.9. The standard InChI is InChI=1S/C12H15N3OS/c1-3-7-6-9(7)15-11-8(13-12(15)17)4-5-10(14-11)16-2/h4-5,7,9H,3,6H2,1-2H3,(H,13,17). The van der Waals surface area contributed by atoms with Crippen molar-refractivity contribution in [1.82, 2.24) is 14.5 Å². The number of methoxy groups -OCH3 is 1. The Morgan fingerprint density at radius 3 is 3.06 bits per heavy atom. The van der Waals surface area contributed by atoms with Crippen LogP contribution in [0.5, 0.6) is 5.88 Å². The van der Waals surface area contributed by atoms with E-state index in [4.69, 9.17) is 17.0 Å². The number of hydrogen-bond donors (Lipinski definition) is 1. The molecule has 0 saturated heterocycles. The minimum absolute atomic E-state index is 0.515. The summed E-state index contributed by atoms with van der Waals surface area (Å²) in [7, 11) is 1.63. The molecule has 1 aliphatic rings. The van der Waals surface area contributed by atoms with Crippen LogP contribution in [0.2, 0.25) is 0 Å². The maximum Gasteiger partial charge on any atom is 0.215 e. The van der Waals surface area contributed by atoms with E-state index in [1.165, 1.54) is 12.8 Å². The summed E-state index contributed by atoms with van der Waals surface area (Å²) in [5.74, 6) is 1.38. The van der Waals surface area contributed by atoms with Crippen molar-refractivity contribution in [2.24, 2.45) is 5.92 Å². The lowest BCUT2D eigenvalue weighted by molar-refractivity contribution is 0.399. The first-order valence-corrected chi connectivity index (χ1v) is 6.30. The number of fused-ring (bicyclic) bond motifs is 1. The Morgan fingerprint density at radius 2 is 2.41 bits per heavy atom. The third kappa shape index (κ3) is 1.65. The first-order valence-electron chi connectivity index (χ1n) is 5.89. The lowest BCUT2D eigenvalue weighted by atomic mass is 10.3. The molecule has 3 rings (SSSR count). The van der Waals surface area contributed by atoms with Gasteiger partial charge in [0.05, 0.1) is 12.6 Å². The third-order valence-corrected chi connectivity index (χ3v) is 3.79. The molecule has 2 unspecified atom stereocenters. The summed E-state index contributed by atoms with van der Waals surface area (Å²) < 4.78 is 8.07. The Balaban J connectivity index is 2.16. The number of hydrogen-bond acceptors (Lipinski definition) is 3. The largest absolute Gasteiger partial charge is 0.481 e. The highest BCUT2D eigenvalue weighted by Gasteiger charge is 2.38. The van der Waals surface area contributed by atoms with Crippen molar-refractivity contribution in [3.8, 4) is 5.88 Å². The molecular weight excluding hydrogens is 234 g/mol. The highest BCUT2D eigenvalue weighted by Crippen LogP contribution is 2.46. The van der Waals surface area contributed by atoms with Gasteiger partial charge in [0.2, 0.25) is 5.88 Å². The molecule has 0 aliphatic heterocycles. The van der Waals surface area contributed by atoms with E-state index >= 15 is 0 Å². The van der Waals surface area contributed by atoms with Crippen LogP contribution in [0.25, 0.3) is 11.2 Å². The minimum Gasteiger partial charge on any atom is -0.481 e. The summed E-state index contributed by atoms with van der Waals surface area (Å²) in [6, 6.07) is 4.33. The molecule has 0 radical (unpaired) electrons. The van der Waals surface area contributed by atoms with Crippen molar-refractivity contribution < 1.29 is 4.74 Å². The number of nitrogens with zero attached hydrogens (tertiary/aromatic N) is 2. The Bertz CT molecular complexity index is 616. The fourth-order valence-electron chi connectivity index (χ4n) is 2.39. The predicted octanol–water partition coefficient (Wildman–Crippen LogP) is 3.07. The van der Waals surface area contributed by atoms with E-state index in [9.17, 15) is 0 Å². The number of imidazole rings is 1. The molecule has 1 saturated carbocycles. The van der Waals surface area contributed by atoms with Crippen LogP contribution in [0, 0.1) is 10.7 Å².